The molecule has 1 unspecified atom stereocenters. The first-order chi connectivity index (χ1) is 6.11. The van der Waals surface area contributed by atoms with Crippen molar-refractivity contribution >= 4 is 5.91 Å². The Balaban J connectivity index is 2.14. The summed E-state index contributed by atoms with van der Waals surface area (Å²) in [5.41, 5.74) is 5.81. The lowest BCUT2D eigenvalue weighted by Crippen LogP contribution is -2.43. The number of carbonyl (C=O) groups excluding carboxylic acids is 1. The average Bonchev–Trinajstić information content (AvgIpc) is 1.96. The van der Waals surface area contributed by atoms with Crippen molar-refractivity contribution in [1.29, 1.82) is 0 Å². The van der Waals surface area contributed by atoms with Gasteiger partial charge < -0.3 is 11.1 Å². The van der Waals surface area contributed by atoms with Crippen molar-refractivity contribution in [3.8, 4) is 0 Å². The summed E-state index contributed by atoms with van der Waals surface area (Å²) < 4.78 is 0. The molecule has 3 heteroatoms. The average molecular weight is 184 g/mol. The van der Waals surface area contributed by atoms with Gasteiger partial charge in [-0.05, 0) is 18.8 Å². The van der Waals surface area contributed by atoms with Crippen molar-refractivity contribution in [3.63, 3.8) is 0 Å². The van der Waals surface area contributed by atoms with Crippen LogP contribution in [0.5, 0.6) is 0 Å². The topological polar surface area (TPSA) is 55.1 Å². The van der Waals surface area contributed by atoms with Gasteiger partial charge in [-0.3, -0.25) is 4.79 Å². The van der Waals surface area contributed by atoms with Crippen LogP contribution < -0.4 is 11.1 Å². The van der Waals surface area contributed by atoms with Crippen LogP contribution >= 0.6 is 0 Å². The van der Waals surface area contributed by atoms with Crippen molar-refractivity contribution in [3.05, 3.63) is 0 Å². The summed E-state index contributed by atoms with van der Waals surface area (Å²) >= 11 is 0. The fourth-order valence-corrected chi connectivity index (χ4v) is 1.27. The zero-order valence-corrected chi connectivity index (χ0v) is 8.55. The molecule has 0 heterocycles. The molecule has 0 aliphatic heterocycles. The summed E-state index contributed by atoms with van der Waals surface area (Å²) in [7, 11) is 0. The lowest BCUT2D eigenvalue weighted by molar-refractivity contribution is -0.127. The molecule has 3 N–H and O–H groups in total. The number of nitrogens with one attached hydrogen (secondary N) is 1. The van der Waals surface area contributed by atoms with Crippen LogP contribution in [0.4, 0.5) is 0 Å². The van der Waals surface area contributed by atoms with Gasteiger partial charge in [0.05, 0.1) is 0 Å². The molecule has 1 amide bonds. The third kappa shape index (κ3) is 2.99. The number of nitrogens with two attached hydrogens (primary N) is 1. The van der Waals surface area contributed by atoms with Crippen molar-refractivity contribution < 1.29 is 4.79 Å². The van der Waals surface area contributed by atoms with E-state index in [0.717, 1.165) is 12.8 Å². The maximum atomic E-state index is 11.4. The van der Waals surface area contributed by atoms with Crippen LogP contribution in [0.25, 0.3) is 0 Å². The summed E-state index contributed by atoms with van der Waals surface area (Å²) in [6.07, 6.45) is 3.32. The highest BCUT2D eigenvalue weighted by Crippen LogP contribution is 2.26. The first kappa shape index (κ1) is 10.5. The molecule has 0 aromatic rings. The normalized spacial score (nSPS) is 19.7. The molecule has 3 nitrogen and oxygen atoms in total. The second kappa shape index (κ2) is 4.61. The Morgan fingerprint density at radius 1 is 1.54 bits per heavy atom. The van der Waals surface area contributed by atoms with Gasteiger partial charge in [0.25, 0.3) is 0 Å². The van der Waals surface area contributed by atoms with Gasteiger partial charge in [0, 0.05) is 18.5 Å². The summed E-state index contributed by atoms with van der Waals surface area (Å²) in [5.74, 6) is 0.906. The van der Waals surface area contributed by atoms with E-state index in [1.54, 1.807) is 0 Å². The fraction of sp³-hybridized carbons (Fsp3) is 0.900. The van der Waals surface area contributed by atoms with Gasteiger partial charge >= 0.3 is 0 Å². The van der Waals surface area contributed by atoms with E-state index in [0.29, 0.717) is 12.5 Å². The molecule has 13 heavy (non-hydrogen) atoms. The van der Waals surface area contributed by atoms with Gasteiger partial charge in [-0.25, -0.2) is 0 Å². The first-order valence-corrected chi connectivity index (χ1v) is 5.14. The number of carbonyl (C=O) groups is 1. The predicted molar refractivity (Wildman–Crippen MR) is 53.2 cm³/mol. The third-order valence-corrected chi connectivity index (χ3v) is 2.84. The van der Waals surface area contributed by atoms with Crippen molar-refractivity contribution in [2.75, 3.05) is 6.54 Å². The summed E-state index contributed by atoms with van der Waals surface area (Å²) in [6.45, 7) is 4.76. The van der Waals surface area contributed by atoms with Gasteiger partial charge in [0.1, 0.15) is 0 Å². The second-order valence-corrected chi connectivity index (χ2v) is 4.28. The largest absolute Gasteiger partial charge is 0.354 e. The van der Waals surface area contributed by atoms with Crippen molar-refractivity contribution in [1.82, 2.24) is 5.32 Å². The second-order valence-electron chi connectivity index (χ2n) is 4.28. The van der Waals surface area contributed by atoms with Crippen LogP contribution in [0.3, 0.4) is 0 Å². The molecule has 0 aromatic carbocycles. The predicted octanol–water partition coefficient (Wildman–Crippen LogP) is 0.886. The van der Waals surface area contributed by atoms with Gasteiger partial charge in [-0.2, -0.15) is 0 Å². The Labute approximate surface area is 80.1 Å². The molecule has 1 aliphatic rings. The fourth-order valence-electron chi connectivity index (χ4n) is 1.27. The van der Waals surface area contributed by atoms with Crippen molar-refractivity contribution in [2.24, 2.45) is 17.6 Å². The minimum Gasteiger partial charge on any atom is -0.354 e. The molecular weight excluding hydrogens is 164 g/mol. The molecule has 76 valence electrons. The minimum atomic E-state index is 0.0871. The smallest absolute Gasteiger partial charge is 0.223 e. The van der Waals surface area contributed by atoms with Gasteiger partial charge in [-0.1, -0.05) is 20.3 Å². The Morgan fingerprint density at radius 2 is 2.15 bits per heavy atom. The maximum Gasteiger partial charge on any atom is 0.223 e. The zero-order valence-electron chi connectivity index (χ0n) is 8.55. The highest BCUT2D eigenvalue weighted by atomic mass is 16.1. The first-order valence-electron chi connectivity index (χ1n) is 5.14. The highest BCUT2D eigenvalue weighted by Gasteiger charge is 2.25. The van der Waals surface area contributed by atoms with Crippen LogP contribution in [0.15, 0.2) is 0 Å². The number of amides is 1. The van der Waals surface area contributed by atoms with Crippen LogP contribution in [0.1, 0.15) is 33.1 Å². The minimum absolute atomic E-state index is 0.0871. The molecule has 0 radical (unpaired) electrons. The Morgan fingerprint density at radius 3 is 2.54 bits per heavy atom. The Hall–Kier alpha value is -0.570. The summed E-state index contributed by atoms with van der Waals surface area (Å²) in [5, 5.41) is 2.90. The zero-order chi connectivity index (χ0) is 9.84. The van der Waals surface area contributed by atoms with Gasteiger partial charge in [-0.15, -0.1) is 0 Å². The standard InChI is InChI=1S/C10H20N2O/c1-7(2)9(11)6-12-10(13)8-4-3-5-8/h7-9H,3-6,11H2,1-2H3,(H,12,13). The third-order valence-electron chi connectivity index (χ3n) is 2.84. The van der Waals surface area contributed by atoms with Gasteiger partial charge in [0.2, 0.25) is 5.91 Å². The van der Waals surface area contributed by atoms with Gasteiger partial charge in [0.15, 0.2) is 0 Å². The molecule has 1 aliphatic carbocycles. The van der Waals surface area contributed by atoms with Crippen LogP contribution in [0, 0.1) is 11.8 Å². The molecule has 1 atom stereocenters. The number of hydrogen-bond donors (Lipinski definition) is 2. The molecule has 1 fully saturated rings. The molecule has 1 rings (SSSR count). The van der Waals surface area contributed by atoms with E-state index in [1.165, 1.54) is 6.42 Å². The Bertz CT molecular complexity index is 176. The molecule has 0 aromatic heterocycles. The number of rotatable bonds is 4. The van der Waals surface area contributed by atoms with E-state index in [-0.39, 0.29) is 17.9 Å². The molecule has 0 saturated heterocycles. The van der Waals surface area contributed by atoms with E-state index in [4.69, 9.17) is 5.73 Å². The lowest BCUT2D eigenvalue weighted by Gasteiger charge is -2.25. The maximum absolute atomic E-state index is 11.4. The van der Waals surface area contributed by atoms with Crippen molar-refractivity contribution in [2.45, 2.75) is 39.2 Å². The van der Waals surface area contributed by atoms with E-state index in [2.05, 4.69) is 19.2 Å². The van der Waals surface area contributed by atoms with E-state index >= 15 is 0 Å². The molecule has 0 bridgehead atoms. The van der Waals surface area contributed by atoms with E-state index < -0.39 is 0 Å². The Kier molecular flexibility index (Phi) is 3.72. The summed E-state index contributed by atoms with van der Waals surface area (Å²) in [6, 6.07) is 0.0871. The van der Waals surface area contributed by atoms with Crippen LogP contribution in [-0.4, -0.2) is 18.5 Å². The monoisotopic (exact) mass is 184 g/mol. The van der Waals surface area contributed by atoms with Crippen LogP contribution in [0.2, 0.25) is 0 Å². The summed E-state index contributed by atoms with van der Waals surface area (Å²) in [4.78, 5) is 11.4. The molecule has 1 saturated carbocycles. The highest BCUT2D eigenvalue weighted by molar-refractivity contribution is 5.79. The van der Waals surface area contributed by atoms with Crippen LogP contribution in [-0.2, 0) is 4.79 Å². The SMILES string of the molecule is CC(C)C(N)CNC(=O)C1CCC1. The lowest BCUT2D eigenvalue weighted by atomic mass is 9.85. The molecular formula is C10H20N2O. The number of hydrogen-bond acceptors (Lipinski definition) is 2. The molecule has 0 spiro atoms. The van der Waals surface area contributed by atoms with E-state index in [9.17, 15) is 4.79 Å². The quantitative estimate of drug-likeness (QED) is 0.681. The van der Waals surface area contributed by atoms with E-state index in [1.807, 2.05) is 0 Å².